The van der Waals surface area contributed by atoms with E-state index in [1.54, 1.807) is 11.1 Å². The number of nitrogens with one attached hydrogen (secondary N) is 2. The van der Waals surface area contributed by atoms with E-state index >= 15 is 0 Å². The van der Waals surface area contributed by atoms with Gasteiger partial charge in [0, 0.05) is 42.6 Å². The van der Waals surface area contributed by atoms with Gasteiger partial charge in [0.2, 0.25) is 0 Å². The number of aromatic amines is 2. The molecule has 1 fully saturated rings. The van der Waals surface area contributed by atoms with Crippen molar-refractivity contribution >= 4 is 16.9 Å². The Kier molecular flexibility index (Phi) is 2.97. The third-order valence-electron chi connectivity index (χ3n) is 4.14. The quantitative estimate of drug-likeness (QED) is 0.673. The Bertz CT molecular complexity index is 835. The van der Waals surface area contributed by atoms with Crippen LogP contribution in [0.2, 0.25) is 0 Å². The molecule has 1 unspecified atom stereocenters. The second kappa shape index (κ2) is 4.99. The van der Waals surface area contributed by atoms with Crippen molar-refractivity contribution in [2.24, 2.45) is 0 Å². The van der Waals surface area contributed by atoms with Crippen LogP contribution in [-0.4, -0.2) is 50.1 Å². The van der Waals surface area contributed by atoms with E-state index in [0.717, 1.165) is 22.2 Å². The van der Waals surface area contributed by atoms with Crippen molar-refractivity contribution in [3.8, 4) is 11.1 Å². The Balaban J connectivity index is 1.67. The number of carbonyl (C=O) groups is 1. The summed E-state index contributed by atoms with van der Waals surface area (Å²) in [5.74, 6) is -0.0674. The third-order valence-corrected chi connectivity index (χ3v) is 4.14. The summed E-state index contributed by atoms with van der Waals surface area (Å²) in [4.78, 5) is 24.5. The third kappa shape index (κ3) is 2.08. The van der Waals surface area contributed by atoms with Gasteiger partial charge in [-0.2, -0.15) is 0 Å². The molecule has 6 heteroatoms. The lowest BCUT2D eigenvalue weighted by Crippen LogP contribution is -2.29. The molecular weight excluding hydrogens is 280 g/mol. The highest BCUT2D eigenvalue weighted by molar-refractivity contribution is 5.97. The first-order valence-electron chi connectivity index (χ1n) is 7.30. The Morgan fingerprint density at radius 1 is 1.36 bits per heavy atom. The number of H-pyrrole nitrogens is 2. The summed E-state index contributed by atoms with van der Waals surface area (Å²) < 4.78 is 0. The maximum Gasteiger partial charge on any atom is 0.270 e. The zero-order chi connectivity index (χ0) is 15.1. The normalized spacial score (nSPS) is 18.2. The molecule has 4 rings (SSSR count). The lowest BCUT2D eigenvalue weighted by Gasteiger charge is -2.13. The lowest BCUT2D eigenvalue weighted by atomic mass is 10.1. The SMILES string of the molecule is O=C(c1cc(-c2ccnc3[nH]ccc23)c[nH]1)N1CCC(O)C1. The van der Waals surface area contributed by atoms with Crippen LogP contribution < -0.4 is 0 Å². The largest absolute Gasteiger partial charge is 0.391 e. The highest BCUT2D eigenvalue weighted by Crippen LogP contribution is 2.28. The predicted molar refractivity (Wildman–Crippen MR) is 82.4 cm³/mol. The standard InChI is InChI=1S/C16H16N4O2/c21-11-3-6-20(9-11)16(22)14-7-10(8-19-14)12-1-4-17-15-13(12)2-5-18-15/h1-2,4-5,7-8,11,19,21H,3,6,9H2,(H,17,18). The highest BCUT2D eigenvalue weighted by atomic mass is 16.3. The Morgan fingerprint density at radius 3 is 3.09 bits per heavy atom. The summed E-state index contributed by atoms with van der Waals surface area (Å²) in [6.07, 6.45) is 5.68. The summed E-state index contributed by atoms with van der Waals surface area (Å²) in [5.41, 5.74) is 3.36. The van der Waals surface area contributed by atoms with Crippen molar-refractivity contribution in [3.05, 3.63) is 42.5 Å². The molecule has 0 saturated carbocycles. The number of hydrogen-bond donors (Lipinski definition) is 3. The molecule has 4 heterocycles. The van der Waals surface area contributed by atoms with Gasteiger partial charge in [-0.1, -0.05) is 0 Å². The van der Waals surface area contributed by atoms with E-state index in [1.807, 2.05) is 30.6 Å². The number of aromatic nitrogens is 3. The van der Waals surface area contributed by atoms with Gasteiger partial charge in [0.05, 0.1) is 6.10 Å². The summed E-state index contributed by atoms with van der Waals surface area (Å²) >= 11 is 0. The second-order valence-corrected chi connectivity index (χ2v) is 5.59. The number of pyridine rings is 1. The van der Waals surface area contributed by atoms with E-state index in [0.29, 0.717) is 25.2 Å². The maximum atomic E-state index is 12.4. The van der Waals surface area contributed by atoms with Gasteiger partial charge in [0.25, 0.3) is 5.91 Å². The van der Waals surface area contributed by atoms with Crippen LogP contribution in [0.25, 0.3) is 22.2 Å². The molecule has 0 spiro atoms. The fourth-order valence-electron chi connectivity index (χ4n) is 2.98. The van der Waals surface area contributed by atoms with Crippen molar-refractivity contribution in [1.29, 1.82) is 0 Å². The Hall–Kier alpha value is -2.60. The number of carbonyl (C=O) groups excluding carboxylic acids is 1. The number of β-amino-alcohol motifs (C(OH)–C–C–N with tert-alkyl or cyclic N) is 1. The summed E-state index contributed by atoms with van der Waals surface area (Å²) in [6.45, 7) is 1.01. The zero-order valence-electron chi connectivity index (χ0n) is 11.9. The first-order chi connectivity index (χ1) is 10.7. The molecule has 1 amide bonds. The molecule has 1 aliphatic rings. The Morgan fingerprint density at radius 2 is 2.27 bits per heavy atom. The Labute approximate surface area is 126 Å². The summed E-state index contributed by atoms with van der Waals surface area (Å²) in [6, 6.07) is 5.77. The second-order valence-electron chi connectivity index (χ2n) is 5.59. The van der Waals surface area contributed by atoms with Gasteiger partial charge in [-0.3, -0.25) is 4.79 Å². The first kappa shape index (κ1) is 13.1. The molecule has 0 aromatic carbocycles. The van der Waals surface area contributed by atoms with Crippen LogP contribution in [0.1, 0.15) is 16.9 Å². The van der Waals surface area contributed by atoms with Crippen molar-refractivity contribution in [1.82, 2.24) is 19.9 Å². The van der Waals surface area contributed by atoms with Crippen LogP contribution in [0.5, 0.6) is 0 Å². The van der Waals surface area contributed by atoms with Crippen LogP contribution in [-0.2, 0) is 0 Å². The molecule has 22 heavy (non-hydrogen) atoms. The number of nitrogens with zero attached hydrogens (tertiary/aromatic N) is 2. The van der Waals surface area contributed by atoms with Gasteiger partial charge in [-0.15, -0.1) is 0 Å². The highest BCUT2D eigenvalue weighted by Gasteiger charge is 2.26. The van der Waals surface area contributed by atoms with E-state index < -0.39 is 6.10 Å². The smallest absolute Gasteiger partial charge is 0.270 e. The van der Waals surface area contributed by atoms with Gasteiger partial charge < -0.3 is 20.0 Å². The summed E-state index contributed by atoms with van der Waals surface area (Å²) in [7, 11) is 0. The number of rotatable bonds is 2. The minimum Gasteiger partial charge on any atom is -0.391 e. The van der Waals surface area contributed by atoms with E-state index in [-0.39, 0.29) is 5.91 Å². The lowest BCUT2D eigenvalue weighted by molar-refractivity contribution is 0.0760. The molecule has 0 radical (unpaired) electrons. The molecule has 1 aliphatic heterocycles. The van der Waals surface area contributed by atoms with Crippen molar-refractivity contribution in [3.63, 3.8) is 0 Å². The van der Waals surface area contributed by atoms with Crippen molar-refractivity contribution in [2.75, 3.05) is 13.1 Å². The number of fused-ring (bicyclic) bond motifs is 1. The minimum absolute atomic E-state index is 0.0674. The molecule has 1 atom stereocenters. The molecule has 0 bridgehead atoms. The van der Waals surface area contributed by atoms with E-state index in [1.165, 1.54) is 0 Å². The fourth-order valence-corrected chi connectivity index (χ4v) is 2.98. The van der Waals surface area contributed by atoms with Gasteiger partial charge in [0.1, 0.15) is 11.3 Å². The first-order valence-corrected chi connectivity index (χ1v) is 7.30. The van der Waals surface area contributed by atoms with E-state index in [9.17, 15) is 9.90 Å². The molecule has 6 nitrogen and oxygen atoms in total. The van der Waals surface area contributed by atoms with Crippen LogP contribution in [0.4, 0.5) is 0 Å². The van der Waals surface area contributed by atoms with Gasteiger partial charge >= 0.3 is 0 Å². The molecule has 112 valence electrons. The van der Waals surface area contributed by atoms with Gasteiger partial charge in [0.15, 0.2) is 0 Å². The molecule has 3 N–H and O–H groups in total. The molecule has 3 aromatic heterocycles. The molecule has 0 aliphatic carbocycles. The van der Waals surface area contributed by atoms with E-state index in [4.69, 9.17) is 0 Å². The molecule has 1 saturated heterocycles. The summed E-state index contributed by atoms with van der Waals surface area (Å²) in [5, 5.41) is 10.6. The topological polar surface area (TPSA) is 85.0 Å². The van der Waals surface area contributed by atoms with Crippen LogP contribution >= 0.6 is 0 Å². The monoisotopic (exact) mass is 296 g/mol. The van der Waals surface area contributed by atoms with Crippen molar-refractivity contribution in [2.45, 2.75) is 12.5 Å². The van der Waals surface area contributed by atoms with Gasteiger partial charge in [-0.25, -0.2) is 4.98 Å². The van der Waals surface area contributed by atoms with Crippen LogP contribution in [0, 0.1) is 0 Å². The number of aliphatic hydroxyl groups excluding tert-OH is 1. The number of likely N-dealkylation sites (tertiary alicyclic amines) is 1. The van der Waals surface area contributed by atoms with Crippen molar-refractivity contribution < 1.29 is 9.90 Å². The zero-order valence-corrected chi connectivity index (χ0v) is 11.9. The van der Waals surface area contributed by atoms with Gasteiger partial charge in [-0.05, 0) is 30.2 Å². The average molecular weight is 296 g/mol. The number of amides is 1. The number of aliphatic hydroxyl groups is 1. The van der Waals surface area contributed by atoms with Crippen LogP contribution in [0.15, 0.2) is 36.8 Å². The average Bonchev–Trinajstić information content (AvgIpc) is 3.26. The molecule has 3 aromatic rings. The van der Waals surface area contributed by atoms with Crippen LogP contribution in [0.3, 0.4) is 0 Å². The predicted octanol–water partition coefficient (Wildman–Crippen LogP) is 1.76. The number of hydrogen-bond acceptors (Lipinski definition) is 3. The maximum absolute atomic E-state index is 12.4. The minimum atomic E-state index is -0.405. The molecular formula is C16H16N4O2. The fraction of sp³-hybridized carbons (Fsp3) is 0.250. The van der Waals surface area contributed by atoms with E-state index in [2.05, 4.69) is 15.0 Å².